The molecule has 0 saturated carbocycles. The highest BCUT2D eigenvalue weighted by molar-refractivity contribution is 5.17. The molecule has 1 rings (SSSR count). The molecule has 0 radical (unpaired) electrons. The molecule has 2 atom stereocenters. The van der Waals surface area contributed by atoms with Gasteiger partial charge in [-0.3, -0.25) is 4.98 Å². The monoisotopic (exact) mass is 222 g/mol. The lowest BCUT2D eigenvalue weighted by atomic mass is 10.0. The number of aliphatic hydroxyl groups excluding tert-OH is 1. The number of nitrogens with one attached hydrogen (secondary N) is 1. The fraction of sp³-hybridized carbons (Fsp3) is 0.615. The van der Waals surface area contributed by atoms with Crippen molar-refractivity contribution in [2.24, 2.45) is 5.92 Å². The lowest BCUT2D eigenvalue weighted by molar-refractivity contribution is 0.163. The first-order valence-corrected chi connectivity index (χ1v) is 5.89. The van der Waals surface area contributed by atoms with Crippen molar-refractivity contribution in [2.45, 2.75) is 39.8 Å². The molecule has 0 bridgehead atoms. The van der Waals surface area contributed by atoms with Crippen LogP contribution in [0.3, 0.4) is 0 Å². The number of aromatic nitrogens is 1. The van der Waals surface area contributed by atoms with Crippen LogP contribution in [0.2, 0.25) is 0 Å². The van der Waals surface area contributed by atoms with E-state index >= 15 is 0 Å². The third-order valence-electron chi connectivity index (χ3n) is 2.67. The van der Waals surface area contributed by atoms with Crippen molar-refractivity contribution in [3.63, 3.8) is 0 Å². The predicted molar refractivity (Wildman–Crippen MR) is 66.1 cm³/mol. The SMILES string of the molecule is Cc1ncccc1CNCC(C)CC(C)O. The van der Waals surface area contributed by atoms with Gasteiger partial charge >= 0.3 is 0 Å². The molecular weight excluding hydrogens is 200 g/mol. The summed E-state index contributed by atoms with van der Waals surface area (Å²) in [5, 5.41) is 12.6. The largest absolute Gasteiger partial charge is 0.393 e. The highest BCUT2D eigenvalue weighted by Crippen LogP contribution is 2.06. The van der Waals surface area contributed by atoms with Crippen molar-refractivity contribution in [3.8, 4) is 0 Å². The van der Waals surface area contributed by atoms with Gasteiger partial charge in [-0.15, -0.1) is 0 Å². The highest BCUT2D eigenvalue weighted by Gasteiger charge is 2.05. The van der Waals surface area contributed by atoms with E-state index in [-0.39, 0.29) is 6.10 Å². The average Bonchev–Trinajstić information content (AvgIpc) is 2.19. The molecule has 16 heavy (non-hydrogen) atoms. The van der Waals surface area contributed by atoms with Gasteiger partial charge in [0.2, 0.25) is 0 Å². The second kappa shape index (κ2) is 6.61. The van der Waals surface area contributed by atoms with E-state index in [9.17, 15) is 5.11 Å². The minimum Gasteiger partial charge on any atom is -0.393 e. The first-order valence-electron chi connectivity index (χ1n) is 5.89. The van der Waals surface area contributed by atoms with Crippen molar-refractivity contribution in [3.05, 3.63) is 29.6 Å². The Morgan fingerprint density at radius 2 is 2.19 bits per heavy atom. The standard InChI is InChI=1S/C13H22N2O/c1-10(7-11(2)16)8-14-9-13-5-4-6-15-12(13)3/h4-6,10-11,14,16H,7-9H2,1-3H3. The fourth-order valence-corrected chi connectivity index (χ4v) is 1.82. The van der Waals surface area contributed by atoms with Crippen molar-refractivity contribution < 1.29 is 5.11 Å². The number of hydrogen-bond donors (Lipinski definition) is 2. The van der Waals surface area contributed by atoms with E-state index in [2.05, 4.69) is 23.3 Å². The summed E-state index contributed by atoms with van der Waals surface area (Å²) in [6.45, 7) is 7.79. The topological polar surface area (TPSA) is 45.2 Å². The Hall–Kier alpha value is -0.930. The molecule has 0 aliphatic heterocycles. The van der Waals surface area contributed by atoms with Crippen LogP contribution < -0.4 is 5.32 Å². The molecule has 0 amide bonds. The minimum absolute atomic E-state index is 0.211. The molecule has 1 aromatic heterocycles. The molecular formula is C13H22N2O. The Morgan fingerprint density at radius 3 is 2.81 bits per heavy atom. The van der Waals surface area contributed by atoms with E-state index < -0.39 is 0 Å². The highest BCUT2D eigenvalue weighted by atomic mass is 16.3. The van der Waals surface area contributed by atoms with Gasteiger partial charge in [-0.1, -0.05) is 13.0 Å². The third-order valence-corrected chi connectivity index (χ3v) is 2.67. The smallest absolute Gasteiger partial charge is 0.0515 e. The summed E-state index contributed by atoms with van der Waals surface area (Å²) in [6, 6.07) is 4.05. The van der Waals surface area contributed by atoms with Crippen molar-refractivity contribution in [2.75, 3.05) is 6.54 Å². The summed E-state index contributed by atoms with van der Waals surface area (Å²) in [5.41, 5.74) is 2.32. The fourth-order valence-electron chi connectivity index (χ4n) is 1.82. The summed E-state index contributed by atoms with van der Waals surface area (Å²) in [5.74, 6) is 0.497. The van der Waals surface area contributed by atoms with Gasteiger partial charge < -0.3 is 10.4 Å². The molecule has 3 heteroatoms. The van der Waals surface area contributed by atoms with Crippen molar-refractivity contribution in [1.29, 1.82) is 0 Å². The molecule has 90 valence electrons. The normalized spacial score (nSPS) is 14.8. The van der Waals surface area contributed by atoms with E-state index in [1.54, 1.807) is 0 Å². The molecule has 3 nitrogen and oxygen atoms in total. The zero-order valence-electron chi connectivity index (χ0n) is 10.4. The molecule has 1 heterocycles. The van der Waals surface area contributed by atoms with Gasteiger partial charge in [-0.05, 0) is 44.4 Å². The number of rotatable bonds is 6. The number of nitrogens with zero attached hydrogens (tertiary/aromatic N) is 1. The van der Waals surface area contributed by atoms with Gasteiger partial charge in [-0.25, -0.2) is 0 Å². The lowest BCUT2D eigenvalue weighted by Crippen LogP contribution is -2.23. The summed E-state index contributed by atoms with van der Waals surface area (Å²) in [7, 11) is 0. The van der Waals surface area contributed by atoms with Gasteiger partial charge in [0.1, 0.15) is 0 Å². The van der Waals surface area contributed by atoms with Crippen LogP contribution >= 0.6 is 0 Å². The van der Waals surface area contributed by atoms with Gasteiger partial charge in [0.15, 0.2) is 0 Å². The van der Waals surface area contributed by atoms with Crippen LogP contribution in [0.4, 0.5) is 0 Å². The van der Waals surface area contributed by atoms with Crippen LogP contribution in [0.15, 0.2) is 18.3 Å². The Morgan fingerprint density at radius 1 is 1.44 bits per heavy atom. The van der Waals surface area contributed by atoms with Gasteiger partial charge in [0.05, 0.1) is 6.10 Å². The van der Waals surface area contributed by atoms with Crippen LogP contribution in [0.25, 0.3) is 0 Å². The van der Waals surface area contributed by atoms with Crippen LogP contribution in [0.1, 0.15) is 31.5 Å². The zero-order chi connectivity index (χ0) is 12.0. The van der Waals surface area contributed by atoms with Crippen LogP contribution in [-0.4, -0.2) is 22.7 Å². The van der Waals surface area contributed by atoms with Gasteiger partial charge in [0.25, 0.3) is 0 Å². The minimum atomic E-state index is -0.211. The maximum absolute atomic E-state index is 9.25. The number of hydrogen-bond acceptors (Lipinski definition) is 3. The third kappa shape index (κ3) is 4.73. The Bertz CT molecular complexity index is 313. The van der Waals surface area contributed by atoms with E-state index in [4.69, 9.17) is 0 Å². The lowest BCUT2D eigenvalue weighted by Gasteiger charge is -2.14. The molecule has 2 unspecified atom stereocenters. The molecule has 0 saturated heterocycles. The van der Waals surface area contributed by atoms with E-state index in [0.717, 1.165) is 25.2 Å². The van der Waals surface area contributed by atoms with Gasteiger partial charge in [0, 0.05) is 18.4 Å². The molecule has 2 N–H and O–H groups in total. The summed E-state index contributed by atoms with van der Waals surface area (Å²) in [4.78, 5) is 4.25. The first kappa shape index (κ1) is 13.1. The van der Waals surface area contributed by atoms with E-state index in [0.29, 0.717) is 5.92 Å². The maximum atomic E-state index is 9.25. The average molecular weight is 222 g/mol. The molecule has 0 aromatic carbocycles. The Balaban J connectivity index is 2.28. The summed E-state index contributed by atoms with van der Waals surface area (Å²) in [6.07, 6.45) is 2.45. The van der Waals surface area contributed by atoms with E-state index in [1.807, 2.05) is 26.1 Å². The van der Waals surface area contributed by atoms with Crippen molar-refractivity contribution in [1.82, 2.24) is 10.3 Å². The molecule has 0 fully saturated rings. The molecule has 0 aliphatic carbocycles. The molecule has 1 aromatic rings. The second-order valence-electron chi connectivity index (χ2n) is 4.57. The molecule has 0 spiro atoms. The second-order valence-corrected chi connectivity index (χ2v) is 4.57. The Kier molecular flexibility index (Phi) is 5.43. The summed E-state index contributed by atoms with van der Waals surface area (Å²) < 4.78 is 0. The number of pyridine rings is 1. The number of aliphatic hydroxyl groups is 1. The van der Waals surface area contributed by atoms with E-state index in [1.165, 1.54) is 5.56 Å². The number of aryl methyl sites for hydroxylation is 1. The maximum Gasteiger partial charge on any atom is 0.0515 e. The summed E-state index contributed by atoms with van der Waals surface area (Å²) >= 11 is 0. The predicted octanol–water partition coefficient (Wildman–Crippen LogP) is 1.89. The quantitative estimate of drug-likeness (QED) is 0.772. The van der Waals surface area contributed by atoms with Crippen LogP contribution in [0.5, 0.6) is 0 Å². The molecule has 0 aliphatic rings. The van der Waals surface area contributed by atoms with Crippen molar-refractivity contribution >= 4 is 0 Å². The zero-order valence-corrected chi connectivity index (χ0v) is 10.4. The van der Waals surface area contributed by atoms with Crippen LogP contribution in [-0.2, 0) is 6.54 Å². The first-order chi connectivity index (χ1) is 7.59. The Labute approximate surface area is 97.9 Å². The van der Waals surface area contributed by atoms with Crippen LogP contribution in [0, 0.1) is 12.8 Å². The van der Waals surface area contributed by atoms with Gasteiger partial charge in [-0.2, -0.15) is 0 Å².